The minimum atomic E-state index is -0.414. The molecule has 0 aromatic heterocycles. The number of piperidine rings is 1. The lowest BCUT2D eigenvalue weighted by Crippen LogP contribution is -2.42. The highest BCUT2D eigenvalue weighted by molar-refractivity contribution is 6.30. The van der Waals surface area contributed by atoms with Gasteiger partial charge in [0.2, 0.25) is 0 Å². The van der Waals surface area contributed by atoms with Gasteiger partial charge in [-0.2, -0.15) is 0 Å². The first-order chi connectivity index (χ1) is 11.7. The maximum absolute atomic E-state index is 14.0. The van der Waals surface area contributed by atoms with Crippen LogP contribution in [-0.2, 0) is 0 Å². The Morgan fingerprint density at radius 2 is 1.62 bits per heavy atom. The molecule has 0 aliphatic carbocycles. The predicted molar refractivity (Wildman–Crippen MR) is 91.5 cm³/mol. The van der Waals surface area contributed by atoms with E-state index >= 15 is 0 Å². The summed E-state index contributed by atoms with van der Waals surface area (Å²) in [7, 11) is 0. The van der Waals surface area contributed by atoms with E-state index in [1.54, 1.807) is 36.4 Å². The molecule has 1 unspecified atom stereocenters. The minimum absolute atomic E-state index is 0.159. The van der Waals surface area contributed by atoms with Crippen molar-refractivity contribution in [3.63, 3.8) is 0 Å². The molecule has 4 rings (SSSR count). The number of rotatable bonds is 4. The zero-order valence-electron chi connectivity index (χ0n) is 13.2. The highest BCUT2D eigenvalue weighted by Crippen LogP contribution is 2.33. The lowest BCUT2D eigenvalue weighted by Gasteiger charge is -2.29. The van der Waals surface area contributed by atoms with E-state index in [-0.39, 0.29) is 11.9 Å². The summed E-state index contributed by atoms with van der Waals surface area (Å²) in [6.45, 7) is 0. The molecule has 0 spiro atoms. The number of hydrogen-bond acceptors (Lipinski definition) is 3. The summed E-state index contributed by atoms with van der Waals surface area (Å²) in [6.07, 6.45) is 4.62. The second-order valence-corrected chi connectivity index (χ2v) is 6.93. The topological polar surface area (TPSA) is 30.5 Å². The third-order valence-electron chi connectivity index (χ3n) is 4.68. The van der Waals surface area contributed by atoms with Crippen molar-refractivity contribution in [1.29, 1.82) is 0 Å². The number of benzene rings is 2. The summed E-state index contributed by atoms with van der Waals surface area (Å²) in [5.41, 5.74) is 0. The summed E-state index contributed by atoms with van der Waals surface area (Å²) < 4.78 is 25.7. The van der Waals surface area contributed by atoms with Gasteiger partial charge in [0, 0.05) is 23.2 Å². The number of hydrogen-bond donors (Lipinski definition) is 1. The Morgan fingerprint density at radius 3 is 2.33 bits per heavy atom. The Labute approximate surface area is 145 Å². The Hall–Kier alpha value is -1.78. The standard InChI is InChI=1S/C19H19ClFNO2/c20-12-1-5-15(6-2-12)24-19-11-16(7-8-18(19)21)23-17-9-13-3-4-14(10-17)22-13/h1-2,5-8,11,13-14,17,22H,3-4,9-10H2/t13-,14+,17?. The Bertz CT molecular complexity index is 710. The molecule has 2 bridgehead atoms. The van der Waals surface area contributed by atoms with E-state index in [2.05, 4.69) is 5.32 Å². The molecule has 3 nitrogen and oxygen atoms in total. The molecule has 2 aromatic carbocycles. The zero-order chi connectivity index (χ0) is 16.5. The second kappa shape index (κ2) is 6.61. The molecule has 0 radical (unpaired) electrons. The molecule has 2 saturated heterocycles. The van der Waals surface area contributed by atoms with Crippen molar-refractivity contribution in [2.75, 3.05) is 0 Å². The SMILES string of the molecule is Fc1ccc(OC2C[C@H]3CC[C@@H](C2)N3)cc1Oc1ccc(Cl)cc1. The van der Waals surface area contributed by atoms with Crippen molar-refractivity contribution in [2.24, 2.45) is 0 Å². The van der Waals surface area contributed by atoms with Crippen LogP contribution in [-0.4, -0.2) is 18.2 Å². The zero-order valence-corrected chi connectivity index (χ0v) is 13.9. The first kappa shape index (κ1) is 15.7. The molecular weight excluding hydrogens is 329 g/mol. The van der Waals surface area contributed by atoms with E-state index in [4.69, 9.17) is 21.1 Å². The van der Waals surface area contributed by atoms with Gasteiger partial charge in [0.1, 0.15) is 17.6 Å². The molecule has 2 aliphatic heterocycles. The number of nitrogens with one attached hydrogen (secondary N) is 1. The van der Waals surface area contributed by atoms with Crippen LogP contribution in [0.5, 0.6) is 17.2 Å². The second-order valence-electron chi connectivity index (χ2n) is 6.50. The molecule has 0 amide bonds. The Kier molecular flexibility index (Phi) is 4.33. The van der Waals surface area contributed by atoms with Gasteiger partial charge in [0.15, 0.2) is 11.6 Å². The van der Waals surface area contributed by atoms with Crippen LogP contribution in [0.2, 0.25) is 5.02 Å². The number of halogens is 2. The van der Waals surface area contributed by atoms with Crippen molar-refractivity contribution in [3.05, 3.63) is 53.3 Å². The van der Waals surface area contributed by atoms with Crippen LogP contribution < -0.4 is 14.8 Å². The van der Waals surface area contributed by atoms with E-state index in [9.17, 15) is 4.39 Å². The maximum atomic E-state index is 14.0. The summed E-state index contributed by atoms with van der Waals surface area (Å²) in [5.74, 6) is 0.927. The molecule has 2 aromatic rings. The van der Waals surface area contributed by atoms with Crippen molar-refractivity contribution in [3.8, 4) is 17.2 Å². The van der Waals surface area contributed by atoms with Gasteiger partial charge in [0.05, 0.1) is 0 Å². The van der Waals surface area contributed by atoms with E-state index < -0.39 is 5.82 Å². The van der Waals surface area contributed by atoms with Gasteiger partial charge in [-0.15, -0.1) is 0 Å². The fourth-order valence-corrected chi connectivity index (χ4v) is 3.68. The van der Waals surface area contributed by atoms with Crippen molar-refractivity contribution < 1.29 is 13.9 Å². The van der Waals surface area contributed by atoms with Crippen LogP contribution in [0.3, 0.4) is 0 Å². The fourth-order valence-electron chi connectivity index (χ4n) is 3.56. The third-order valence-corrected chi connectivity index (χ3v) is 4.93. The minimum Gasteiger partial charge on any atom is -0.490 e. The van der Waals surface area contributed by atoms with Crippen LogP contribution >= 0.6 is 11.6 Å². The quantitative estimate of drug-likeness (QED) is 0.850. The molecule has 2 aliphatic rings. The van der Waals surface area contributed by atoms with Crippen LogP contribution in [0.25, 0.3) is 0 Å². The smallest absolute Gasteiger partial charge is 0.166 e. The Morgan fingerprint density at radius 1 is 0.958 bits per heavy atom. The van der Waals surface area contributed by atoms with E-state index in [1.165, 1.54) is 18.9 Å². The van der Waals surface area contributed by atoms with Crippen molar-refractivity contribution >= 4 is 11.6 Å². The molecule has 3 atom stereocenters. The summed E-state index contributed by atoms with van der Waals surface area (Å²) in [6, 6.07) is 12.6. The molecule has 2 fully saturated rings. The van der Waals surface area contributed by atoms with Gasteiger partial charge in [-0.25, -0.2) is 4.39 Å². The Balaban J connectivity index is 1.47. The van der Waals surface area contributed by atoms with Crippen LogP contribution in [0, 0.1) is 5.82 Å². The summed E-state index contributed by atoms with van der Waals surface area (Å²) >= 11 is 5.85. The molecule has 24 heavy (non-hydrogen) atoms. The third kappa shape index (κ3) is 3.50. The lowest BCUT2D eigenvalue weighted by molar-refractivity contribution is 0.137. The van der Waals surface area contributed by atoms with E-state index in [0.717, 1.165) is 12.8 Å². The van der Waals surface area contributed by atoms with Crippen LogP contribution in [0.4, 0.5) is 4.39 Å². The maximum Gasteiger partial charge on any atom is 0.166 e. The molecule has 0 saturated carbocycles. The van der Waals surface area contributed by atoms with Gasteiger partial charge in [0.25, 0.3) is 0 Å². The number of ether oxygens (including phenoxy) is 2. The van der Waals surface area contributed by atoms with E-state index in [1.807, 2.05) is 0 Å². The molecule has 2 heterocycles. The van der Waals surface area contributed by atoms with Crippen LogP contribution in [0.1, 0.15) is 25.7 Å². The van der Waals surface area contributed by atoms with E-state index in [0.29, 0.717) is 28.6 Å². The highest BCUT2D eigenvalue weighted by atomic mass is 35.5. The molecule has 126 valence electrons. The average Bonchev–Trinajstić information content (AvgIpc) is 2.91. The van der Waals surface area contributed by atoms with Crippen molar-refractivity contribution in [2.45, 2.75) is 43.9 Å². The lowest BCUT2D eigenvalue weighted by atomic mass is 10.0. The molecule has 1 N–H and O–H groups in total. The molecular formula is C19H19ClFNO2. The largest absolute Gasteiger partial charge is 0.490 e. The van der Waals surface area contributed by atoms with Gasteiger partial charge in [-0.3, -0.25) is 0 Å². The van der Waals surface area contributed by atoms with Gasteiger partial charge in [-0.05, 0) is 62.1 Å². The monoisotopic (exact) mass is 347 g/mol. The summed E-state index contributed by atoms with van der Waals surface area (Å²) in [5, 5.41) is 4.20. The van der Waals surface area contributed by atoms with Crippen LogP contribution in [0.15, 0.2) is 42.5 Å². The predicted octanol–water partition coefficient (Wildman–Crippen LogP) is 4.93. The fraction of sp³-hybridized carbons (Fsp3) is 0.368. The normalized spacial score (nSPS) is 25.5. The first-order valence-corrected chi connectivity index (χ1v) is 8.69. The van der Waals surface area contributed by atoms with Gasteiger partial charge < -0.3 is 14.8 Å². The molecule has 5 heteroatoms. The van der Waals surface area contributed by atoms with Gasteiger partial charge in [-0.1, -0.05) is 11.6 Å². The highest BCUT2D eigenvalue weighted by Gasteiger charge is 2.34. The average molecular weight is 348 g/mol. The first-order valence-electron chi connectivity index (χ1n) is 8.31. The summed E-state index contributed by atoms with van der Waals surface area (Å²) in [4.78, 5) is 0. The van der Waals surface area contributed by atoms with Crippen molar-refractivity contribution in [1.82, 2.24) is 5.32 Å². The number of fused-ring (bicyclic) bond motifs is 2. The van der Waals surface area contributed by atoms with Gasteiger partial charge >= 0.3 is 0 Å².